The van der Waals surface area contributed by atoms with Crippen LogP contribution < -0.4 is 21.7 Å². The van der Waals surface area contributed by atoms with Crippen LogP contribution in [0.15, 0.2) is 12.5 Å². The number of aliphatic hydroxyl groups excluding tert-OH is 1. The van der Waals surface area contributed by atoms with Gasteiger partial charge in [-0.1, -0.05) is 34.1 Å². The molecule has 33 heavy (non-hydrogen) atoms. The molecule has 0 aliphatic heterocycles. The van der Waals surface area contributed by atoms with Gasteiger partial charge in [0, 0.05) is 18.3 Å². The Morgan fingerprint density at radius 3 is 2.09 bits per heavy atom. The molecule has 6 atom stereocenters. The number of carbonyl (C=O) groups excluding carboxylic acids is 3. The van der Waals surface area contributed by atoms with Gasteiger partial charge in [-0.15, -0.1) is 0 Å². The lowest BCUT2D eigenvalue weighted by atomic mass is 9.97. The van der Waals surface area contributed by atoms with Crippen molar-refractivity contribution in [2.45, 2.75) is 77.7 Å². The Hall–Kier alpha value is -2.99. The number of rotatable bonds is 13. The summed E-state index contributed by atoms with van der Waals surface area (Å²) in [6.07, 6.45) is 2.33. The minimum Gasteiger partial charge on any atom is -0.480 e. The molecule has 8 N–H and O–H groups in total. The first-order valence-corrected chi connectivity index (χ1v) is 10.9. The third kappa shape index (κ3) is 8.46. The summed E-state index contributed by atoms with van der Waals surface area (Å²) in [5.74, 6) is -3.90. The van der Waals surface area contributed by atoms with Crippen molar-refractivity contribution < 1.29 is 29.4 Å². The number of nitrogens with two attached hydrogens (primary N) is 1. The number of carbonyl (C=O) groups is 4. The molecule has 0 aliphatic carbocycles. The number of aromatic nitrogens is 2. The van der Waals surface area contributed by atoms with E-state index in [0.717, 1.165) is 0 Å². The molecule has 0 aliphatic rings. The van der Waals surface area contributed by atoms with E-state index in [9.17, 15) is 29.4 Å². The quantitative estimate of drug-likeness (QED) is 0.189. The molecular formula is C21H36N6O6. The van der Waals surface area contributed by atoms with Gasteiger partial charge < -0.3 is 36.9 Å². The fourth-order valence-corrected chi connectivity index (χ4v) is 3.03. The first-order chi connectivity index (χ1) is 15.4. The summed E-state index contributed by atoms with van der Waals surface area (Å²) in [6.45, 7) is 8.28. The van der Waals surface area contributed by atoms with Gasteiger partial charge in [0.2, 0.25) is 17.7 Å². The van der Waals surface area contributed by atoms with Crippen molar-refractivity contribution in [3.05, 3.63) is 18.2 Å². The zero-order valence-corrected chi connectivity index (χ0v) is 19.7. The van der Waals surface area contributed by atoms with Crippen LogP contribution in [0.2, 0.25) is 0 Å². The fourth-order valence-electron chi connectivity index (χ4n) is 3.03. The molecule has 0 fully saturated rings. The topological polar surface area (TPSA) is 200 Å². The highest BCUT2D eigenvalue weighted by Gasteiger charge is 2.33. The summed E-state index contributed by atoms with van der Waals surface area (Å²) in [5.41, 5.74) is 6.22. The molecule has 0 saturated heterocycles. The Bertz CT molecular complexity index is 797. The first-order valence-electron chi connectivity index (χ1n) is 10.9. The lowest BCUT2D eigenvalue weighted by Crippen LogP contribution is -2.60. The molecule has 6 unspecified atom stereocenters. The molecule has 0 aromatic carbocycles. The second-order valence-electron chi connectivity index (χ2n) is 8.55. The monoisotopic (exact) mass is 468 g/mol. The van der Waals surface area contributed by atoms with Crippen LogP contribution in [0, 0.1) is 11.8 Å². The normalized spacial score (nSPS) is 16.7. The van der Waals surface area contributed by atoms with Crippen LogP contribution in [-0.4, -0.2) is 74.1 Å². The minimum absolute atomic E-state index is 0.0289. The maximum Gasteiger partial charge on any atom is 0.326 e. The summed E-state index contributed by atoms with van der Waals surface area (Å²) < 4.78 is 0. The van der Waals surface area contributed by atoms with Gasteiger partial charge in [-0.05, 0) is 18.8 Å². The molecule has 3 amide bonds. The van der Waals surface area contributed by atoms with Gasteiger partial charge in [0.05, 0.1) is 12.4 Å². The van der Waals surface area contributed by atoms with E-state index in [-0.39, 0.29) is 18.3 Å². The Morgan fingerprint density at radius 2 is 1.64 bits per heavy atom. The van der Waals surface area contributed by atoms with Crippen LogP contribution in [0.5, 0.6) is 0 Å². The van der Waals surface area contributed by atoms with Gasteiger partial charge in [0.1, 0.15) is 24.2 Å². The highest BCUT2D eigenvalue weighted by atomic mass is 16.4. The molecule has 0 radical (unpaired) electrons. The van der Waals surface area contributed by atoms with Crippen molar-refractivity contribution in [3.8, 4) is 0 Å². The smallest absolute Gasteiger partial charge is 0.326 e. The maximum atomic E-state index is 13.1. The molecule has 0 bridgehead atoms. The predicted octanol–water partition coefficient (Wildman–Crippen LogP) is -1.10. The van der Waals surface area contributed by atoms with Gasteiger partial charge in [0.25, 0.3) is 0 Å². The summed E-state index contributed by atoms with van der Waals surface area (Å²) in [5, 5.41) is 26.6. The number of H-pyrrole nitrogens is 1. The summed E-state index contributed by atoms with van der Waals surface area (Å²) in [4.78, 5) is 56.6. The van der Waals surface area contributed by atoms with Crippen molar-refractivity contribution >= 4 is 23.7 Å². The number of carboxylic acid groups (broad SMARTS) is 1. The van der Waals surface area contributed by atoms with Gasteiger partial charge in [-0.25, -0.2) is 9.78 Å². The predicted molar refractivity (Wildman–Crippen MR) is 120 cm³/mol. The number of imidazole rings is 1. The van der Waals surface area contributed by atoms with E-state index in [1.165, 1.54) is 19.4 Å². The maximum absolute atomic E-state index is 13.1. The first kappa shape index (κ1) is 28.0. The molecule has 1 rings (SSSR count). The average Bonchev–Trinajstić information content (AvgIpc) is 3.26. The van der Waals surface area contributed by atoms with Crippen molar-refractivity contribution in [2.24, 2.45) is 17.6 Å². The van der Waals surface area contributed by atoms with E-state index in [2.05, 4.69) is 25.9 Å². The van der Waals surface area contributed by atoms with E-state index < -0.39 is 54.0 Å². The Labute approximate surface area is 193 Å². The van der Waals surface area contributed by atoms with E-state index in [1.807, 2.05) is 6.92 Å². The minimum atomic E-state index is -1.25. The largest absolute Gasteiger partial charge is 0.480 e. The number of aliphatic hydroxyl groups is 1. The number of nitrogens with zero attached hydrogens (tertiary/aromatic N) is 1. The zero-order valence-electron chi connectivity index (χ0n) is 19.7. The highest BCUT2D eigenvalue weighted by molar-refractivity contribution is 5.94. The van der Waals surface area contributed by atoms with Crippen molar-refractivity contribution in [3.63, 3.8) is 0 Å². The average molecular weight is 469 g/mol. The number of aliphatic carboxylic acids is 1. The Balaban J connectivity index is 3.04. The van der Waals surface area contributed by atoms with E-state index >= 15 is 0 Å². The lowest BCUT2D eigenvalue weighted by molar-refractivity contribution is -0.144. The SMILES string of the molecule is CCC(C)C(NC(=O)C(NC(=O)C(Cc1cnc[nH]1)NC(=O)C(N)C(C)O)C(C)C)C(=O)O. The summed E-state index contributed by atoms with van der Waals surface area (Å²) in [7, 11) is 0. The Kier molecular flexibility index (Phi) is 11.0. The van der Waals surface area contributed by atoms with E-state index in [4.69, 9.17) is 5.73 Å². The lowest BCUT2D eigenvalue weighted by Gasteiger charge is -2.28. The number of nitrogens with one attached hydrogen (secondary N) is 4. The molecule has 186 valence electrons. The van der Waals surface area contributed by atoms with Crippen molar-refractivity contribution in [2.75, 3.05) is 0 Å². The van der Waals surface area contributed by atoms with Crippen LogP contribution in [0.4, 0.5) is 0 Å². The molecule has 0 saturated carbocycles. The number of amides is 3. The van der Waals surface area contributed by atoms with Crippen LogP contribution in [0.3, 0.4) is 0 Å². The highest BCUT2D eigenvalue weighted by Crippen LogP contribution is 2.11. The molecular weight excluding hydrogens is 432 g/mol. The second-order valence-corrected chi connectivity index (χ2v) is 8.55. The molecule has 0 spiro atoms. The van der Waals surface area contributed by atoms with Gasteiger partial charge in [-0.2, -0.15) is 0 Å². The van der Waals surface area contributed by atoms with Gasteiger partial charge >= 0.3 is 5.97 Å². The zero-order chi connectivity index (χ0) is 25.3. The van der Waals surface area contributed by atoms with E-state index in [0.29, 0.717) is 12.1 Å². The Morgan fingerprint density at radius 1 is 1.03 bits per heavy atom. The number of hydrogen-bond donors (Lipinski definition) is 7. The van der Waals surface area contributed by atoms with Gasteiger partial charge in [0.15, 0.2) is 0 Å². The molecule has 12 nitrogen and oxygen atoms in total. The standard InChI is InChI=1S/C21H36N6O6/c1-6-11(4)17(21(32)33)27-20(31)16(10(2)3)26-18(29)14(7-13-8-23-9-24-13)25-19(30)15(22)12(5)28/h8-12,14-17,28H,6-7,22H2,1-5H3,(H,23,24)(H,25,30)(H,26,29)(H,27,31)(H,32,33). The van der Waals surface area contributed by atoms with E-state index in [1.54, 1.807) is 20.8 Å². The second kappa shape index (κ2) is 12.9. The van der Waals surface area contributed by atoms with Crippen LogP contribution in [0.25, 0.3) is 0 Å². The molecule has 12 heteroatoms. The molecule has 1 heterocycles. The number of carboxylic acids is 1. The molecule has 1 aromatic heterocycles. The molecule has 1 aromatic rings. The number of hydrogen-bond acceptors (Lipinski definition) is 7. The summed E-state index contributed by atoms with van der Waals surface area (Å²) in [6, 6.07) is -4.53. The summed E-state index contributed by atoms with van der Waals surface area (Å²) >= 11 is 0. The van der Waals surface area contributed by atoms with Crippen LogP contribution in [-0.2, 0) is 25.6 Å². The van der Waals surface area contributed by atoms with Crippen LogP contribution in [0.1, 0.15) is 46.7 Å². The third-order valence-electron chi connectivity index (χ3n) is 5.46. The van der Waals surface area contributed by atoms with Crippen molar-refractivity contribution in [1.29, 1.82) is 0 Å². The van der Waals surface area contributed by atoms with Crippen LogP contribution >= 0.6 is 0 Å². The van der Waals surface area contributed by atoms with Gasteiger partial charge in [-0.3, -0.25) is 14.4 Å². The number of aromatic amines is 1. The van der Waals surface area contributed by atoms with Crippen molar-refractivity contribution in [1.82, 2.24) is 25.9 Å². The fraction of sp³-hybridized carbons (Fsp3) is 0.667. The third-order valence-corrected chi connectivity index (χ3v) is 5.46.